The summed E-state index contributed by atoms with van der Waals surface area (Å²) in [7, 11) is -0.533. The van der Waals surface area contributed by atoms with Crippen LogP contribution in [0.15, 0.2) is 27.9 Å². The molecular weight excluding hydrogens is 354 g/mol. The monoisotopic (exact) mass is 379 g/mol. The van der Waals surface area contributed by atoms with Crippen LogP contribution < -0.4 is 11.0 Å². The highest BCUT2D eigenvalue weighted by atomic mass is 32.2. The Hall–Kier alpha value is -2.09. The second-order valence-electron chi connectivity index (χ2n) is 7.07. The number of sulfone groups is 1. The number of carbonyl (C=O) groups is 1. The summed E-state index contributed by atoms with van der Waals surface area (Å²) in [4.78, 5) is 24.3. The highest BCUT2D eigenvalue weighted by Crippen LogP contribution is 2.20. The summed E-state index contributed by atoms with van der Waals surface area (Å²) in [6, 6.07) is 4.59. The van der Waals surface area contributed by atoms with Crippen LogP contribution in [-0.2, 0) is 28.7 Å². The summed E-state index contributed by atoms with van der Waals surface area (Å²) in [5.41, 5.74) is 0.961. The number of benzene rings is 1. The van der Waals surface area contributed by atoms with Crippen molar-refractivity contribution in [2.24, 2.45) is 14.1 Å². The number of nitrogens with one attached hydrogen (secondary N) is 1. The third-order valence-electron chi connectivity index (χ3n) is 5.14. The molecule has 1 aromatic carbocycles. The second-order valence-corrected chi connectivity index (χ2v) is 9.06. The van der Waals surface area contributed by atoms with E-state index in [2.05, 4.69) is 5.32 Å². The number of imidazole rings is 1. The zero-order valence-electron chi connectivity index (χ0n) is 15.2. The molecule has 0 radical (unpaired) electrons. The van der Waals surface area contributed by atoms with Crippen LogP contribution in [0.1, 0.15) is 38.5 Å². The highest BCUT2D eigenvalue weighted by molar-refractivity contribution is 7.92. The smallest absolute Gasteiger partial charge is 0.328 e. The van der Waals surface area contributed by atoms with Crippen LogP contribution in [0.3, 0.4) is 0 Å². The molecule has 8 heteroatoms. The van der Waals surface area contributed by atoms with Gasteiger partial charge in [-0.2, -0.15) is 0 Å². The Morgan fingerprint density at radius 3 is 2.35 bits per heavy atom. The van der Waals surface area contributed by atoms with Crippen molar-refractivity contribution in [3.05, 3.63) is 28.7 Å². The average Bonchev–Trinajstić information content (AvgIpc) is 2.79. The van der Waals surface area contributed by atoms with Gasteiger partial charge in [0.15, 0.2) is 9.84 Å². The van der Waals surface area contributed by atoms with Gasteiger partial charge in [0.2, 0.25) is 5.91 Å². The van der Waals surface area contributed by atoms with Crippen LogP contribution in [-0.4, -0.2) is 35.3 Å². The van der Waals surface area contributed by atoms with E-state index in [1.165, 1.54) is 34.1 Å². The molecule has 3 rings (SSSR count). The molecule has 0 saturated heterocycles. The van der Waals surface area contributed by atoms with Crippen LogP contribution in [0, 0.1) is 0 Å². The fraction of sp³-hybridized carbons (Fsp3) is 0.556. The Morgan fingerprint density at radius 2 is 1.69 bits per heavy atom. The molecule has 2 aromatic rings. The number of aromatic nitrogens is 2. The molecule has 0 unspecified atom stereocenters. The summed E-state index contributed by atoms with van der Waals surface area (Å²) in [6.45, 7) is 0. The van der Waals surface area contributed by atoms with Crippen LogP contribution in [0.4, 0.5) is 0 Å². The molecule has 0 atom stereocenters. The number of rotatable bonds is 4. The van der Waals surface area contributed by atoms with Gasteiger partial charge in [0.25, 0.3) is 0 Å². The predicted molar refractivity (Wildman–Crippen MR) is 99.8 cm³/mol. The first-order valence-electron chi connectivity index (χ1n) is 8.97. The van der Waals surface area contributed by atoms with Crippen molar-refractivity contribution < 1.29 is 13.2 Å². The minimum atomic E-state index is -3.77. The molecule has 1 aliphatic rings. The predicted octanol–water partition coefficient (Wildman–Crippen LogP) is 1.49. The van der Waals surface area contributed by atoms with Gasteiger partial charge in [-0.1, -0.05) is 25.7 Å². The Labute approximate surface area is 152 Å². The number of hydrogen-bond donors (Lipinski definition) is 1. The lowest BCUT2D eigenvalue weighted by atomic mass is 10.1. The number of amides is 1. The van der Waals surface area contributed by atoms with E-state index in [4.69, 9.17) is 0 Å². The summed E-state index contributed by atoms with van der Waals surface area (Å²) < 4.78 is 28.2. The number of hydrogen-bond acceptors (Lipinski definition) is 4. The minimum Gasteiger partial charge on any atom is -0.352 e. The van der Waals surface area contributed by atoms with Gasteiger partial charge in [0.05, 0.1) is 15.9 Å². The van der Waals surface area contributed by atoms with Crippen molar-refractivity contribution in [3.63, 3.8) is 0 Å². The van der Waals surface area contributed by atoms with Crippen LogP contribution in [0.5, 0.6) is 0 Å². The number of carbonyl (C=O) groups excluding carboxylic acids is 1. The third kappa shape index (κ3) is 3.70. The summed E-state index contributed by atoms with van der Waals surface area (Å²) in [5.74, 6) is -1.03. The number of fused-ring (bicyclic) bond motifs is 1. The van der Waals surface area contributed by atoms with E-state index >= 15 is 0 Å². The quantitative estimate of drug-likeness (QED) is 0.815. The average molecular weight is 379 g/mol. The van der Waals surface area contributed by atoms with Gasteiger partial charge >= 0.3 is 5.69 Å². The topological polar surface area (TPSA) is 90.2 Å². The Balaban J connectivity index is 1.79. The molecule has 1 fully saturated rings. The van der Waals surface area contributed by atoms with E-state index in [-0.39, 0.29) is 16.6 Å². The van der Waals surface area contributed by atoms with Gasteiger partial charge in [0, 0.05) is 20.1 Å². The van der Waals surface area contributed by atoms with E-state index in [0.717, 1.165) is 25.7 Å². The zero-order chi connectivity index (χ0) is 18.9. The first kappa shape index (κ1) is 18.7. The van der Waals surface area contributed by atoms with Gasteiger partial charge in [-0.25, -0.2) is 13.2 Å². The van der Waals surface area contributed by atoms with Gasteiger partial charge < -0.3 is 5.32 Å². The third-order valence-corrected chi connectivity index (χ3v) is 6.76. The maximum atomic E-state index is 12.6. The van der Waals surface area contributed by atoms with Crippen LogP contribution in [0.2, 0.25) is 0 Å². The molecule has 142 valence electrons. The standard InChI is InChI=1S/C18H25N3O4S/c1-20-15-10-9-14(11-16(15)21(2)18(20)23)26(24,25)12-17(22)19-13-7-5-3-4-6-8-13/h9-11,13H,3-8,12H2,1-2H3,(H,19,22). The molecule has 0 spiro atoms. The van der Waals surface area contributed by atoms with Crippen molar-refractivity contribution >= 4 is 26.8 Å². The molecule has 1 aliphatic carbocycles. The van der Waals surface area contributed by atoms with Crippen LogP contribution in [0.25, 0.3) is 11.0 Å². The summed E-state index contributed by atoms with van der Waals surface area (Å²) >= 11 is 0. The molecule has 1 aromatic heterocycles. The fourth-order valence-corrected chi connectivity index (χ4v) is 4.79. The van der Waals surface area contributed by atoms with E-state index in [1.807, 2.05) is 0 Å². The molecule has 1 heterocycles. The van der Waals surface area contributed by atoms with Crippen molar-refractivity contribution in [2.75, 3.05) is 5.75 Å². The van der Waals surface area contributed by atoms with Crippen LogP contribution >= 0.6 is 0 Å². The minimum absolute atomic E-state index is 0.0576. The van der Waals surface area contributed by atoms with Gasteiger partial charge in [-0.15, -0.1) is 0 Å². The number of nitrogens with zero attached hydrogens (tertiary/aromatic N) is 2. The zero-order valence-corrected chi connectivity index (χ0v) is 16.0. The first-order valence-corrected chi connectivity index (χ1v) is 10.6. The normalized spacial score (nSPS) is 16.5. The maximum absolute atomic E-state index is 12.6. The Morgan fingerprint density at radius 1 is 1.08 bits per heavy atom. The molecule has 1 amide bonds. The lowest BCUT2D eigenvalue weighted by molar-refractivity contribution is -0.119. The first-order chi connectivity index (χ1) is 12.3. The Bertz CT molecular complexity index is 980. The molecule has 0 bridgehead atoms. The lowest BCUT2D eigenvalue weighted by Gasteiger charge is -2.16. The van der Waals surface area contributed by atoms with Gasteiger partial charge in [-0.05, 0) is 31.0 Å². The number of aryl methyl sites for hydroxylation is 2. The summed E-state index contributed by atoms with van der Waals surface area (Å²) in [6.07, 6.45) is 6.28. The van der Waals surface area contributed by atoms with E-state index < -0.39 is 21.5 Å². The van der Waals surface area contributed by atoms with Crippen molar-refractivity contribution in [2.45, 2.75) is 49.5 Å². The van der Waals surface area contributed by atoms with E-state index in [9.17, 15) is 18.0 Å². The van der Waals surface area contributed by atoms with Crippen molar-refractivity contribution in [1.29, 1.82) is 0 Å². The van der Waals surface area contributed by atoms with Crippen molar-refractivity contribution in [3.8, 4) is 0 Å². The largest absolute Gasteiger partial charge is 0.352 e. The second kappa shape index (κ2) is 7.26. The SMILES string of the molecule is Cn1c(=O)n(C)c2cc(S(=O)(=O)CC(=O)NC3CCCCCC3)ccc21. The molecule has 1 saturated carbocycles. The molecule has 0 aliphatic heterocycles. The Kier molecular flexibility index (Phi) is 5.22. The molecule has 1 N–H and O–H groups in total. The molecule has 26 heavy (non-hydrogen) atoms. The van der Waals surface area contributed by atoms with Gasteiger partial charge in [0.1, 0.15) is 5.75 Å². The van der Waals surface area contributed by atoms with E-state index in [1.54, 1.807) is 20.2 Å². The molecule has 7 nitrogen and oxygen atoms in total. The highest BCUT2D eigenvalue weighted by Gasteiger charge is 2.23. The fourth-order valence-electron chi connectivity index (χ4n) is 3.63. The summed E-state index contributed by atoms with van der Waals surface area (Å²) in [5, 5.41) is 2.87. The maximum Gasteiger partial charge on any atom is 0.328 e. The van der Waals surface area contributed by atoms with Gasteiger partial charge in [-0.3, -0.25) is 13.9 Å². The molecular formula is C18H25N3O4S. The van der Waals surface area contributed by atoms with Crippen molar-refractivity contribution in [1.82, 2.24) is 14.5 Å². The lowest BCUT2D eigenvalue weighted by Crippen LogP contribution is -2.38. The van der Waals surface area contributed by atoms with E-state index in [0.29, 0.717) is 11.0 Å².